The molecule has 0 spiro atoms. The van der Waals surface area contributed by atoms with Crippen LogP contribution in [0.1, 0.15) is 39.0 Å². The van der Waals surface area contributed by atoms with E-state index in [9.17, 15) is 8.42 Å². The largest absolute Gasteiger partial charge is 0.377 e. The van der Waals surface area contributed by atoms with Gasteiger partial charge in [0.2, 0.25) is 10.0 Å². The van der Waals surface area contributed by atoms with Gasteiger partial charge in [0.15, 0.2) is 5.96 Å². The second kappa shape index (κ2) is 11.5. The van der Waals surface area contributed by atoms with Gasteiger partial charge in [0.25, 0.3) is 0 Å². The van der Waals surface area contributed by atoms with Crippen molar-refractivity contribution in [3.63, 3.8) is 0 Å². The molecule has 0 aliphatic carbocycles. The third kappa shape index (κ3) is 7.36. The lowest BCUT2D eigenvalue weighted by Gasteiger charge is -2.37. The van der Waals surface area contributed by atoms with Crippen LogP contribution in [0.15, 0.2) is 4.99 Å². The normalized spacial score (nSPS) is 29.2. The summed E-state index contributed by atoms with van der Waals surface area (Å²) in [5, 5.41) is 3.28. The summed E-state index contributed by atoms with van der Waals surface area (Å²) >= 11 is 0. The average Bonchev–Trinajstić information content (AvgIpc) is 3.28. The molecule has 3 heterocycles. The number of hydrogen-bond acceptors (Lipinski definition) is 6. The average molecular weight is 433 g/mol. The van der Waals surface area contributed by atoms with Gasteiger partial charge in [0, 0.05) is 39.4 Å². The van der Waals surface area contributed by atoms with E-state index in [0.29, 0.717) is 19.7 Å². The Bertz CT molecular complexity index is 618. The minimum Gasteiger partial charge on any atom is -0.377 e. The van der Waals surface area contributed by atoms with Crippen LogP contribution in [-0.2, 0) is 24.2 Å². The Morgan fingerprint density at radius 2 is 1.90 bits per heavy atom. The van der Waals surface area contributed by atoms with Crippen LogP contribution in [0, 0.1) is 0 Å². The molecule has 0 saturated carbocycles. The zero-order valence-electron chi connectivity index (χ0n) is 17.5. The number of nitrogens with one attached hydrogen (secondary N) is 2. The van der Waals surface area contributed by atoms with Gasteiger partial charge in [0.05, 0.1) is 31.1 Å². The van der Waals surface area contributed by atoms with Gasteiger partial charge in [-0.3, -0.25) is 4.99 Å². The van der Waals surface area contributed by atoms with Gasteiger partial charge in [-0.15, -0.1) is 0 Å². The summed E-state index contributed by atoms with van der Waals surface area (Å²) in [6, 6.07) is 0. The molecule has 3 atom stereocenters. The number of nitrogens with zero attached hydrogens (tertiary/aromatic N) is 2. The summed E-state index contributed by atoms with van der Waals surface area (Å²) in [7, 11) is -3.37. The van der Waals surface area contributed by atoms with E-state index < -0.39 is 10.0 Å². The van der Waals surface area contributed by atoms with E-state index in [4.69, 9.17) is 14.2 Å². The first kappa shape index (κ1) is 22.7. The molecule has 2 N–H and O–H groups in total. The Morgan fingerprint density at radius 1 is 1.07 bits per heavy atom. The van der Waals surface area contributed by atoms with Gasteiger partial charge >= 0.3 is 0 Å². The van der Waals surface area contributed by atoms with E-state index in [2.05, 4.69) is 19.9 Å². The first-order chi connectivity index (χ1) is 14.1. The van der Waals surface area contributed by atoms with Crippen molar-refractivity contribution in [2.24, 2.45) is 4.99 Å². The monoisotopic (exact) mass is 432 g/mol. The maximum absolute atomic E-state index is 12.3. The maximum Gasteiger partial charge on any atom is 0.213 e. The highest BCUT2D eigenvalue weighted by atomic mass is 32.2. The van der Waals surface area contributed by atoms with Gasteiger partial charge in [-0.2, -0.15) is 0 Å². The topological polar surface area (TPSA) is 101 Å². The summed E-state index contributed by atoms with van der Waals surface area (Å²) in [6.45, 7) is 6.88. The van der Waals surface area contributed by atoms with Gasteiger partial charge < -0.3 is 24.4 Å². The summed E-state index contributed by atoms with van der Waals surface area (Å²) in [6.07, 6.45) is 5.34. The summed E-state index contributed by atoms with van der Waals surface area (Å²) in [5.74, 6) is 0.707. The van der Waals surface area contributed by atoms with Crippen molar-refractivity contribution in [2.75, 3.05) is 58.3 Å². The van der Waals surface area contributed by atoms with Crippen molar-refractivity contribution in [3.8, 4) is 0 Å². The lowest BCUT2D eigenvalue weighted by Crippen LogP contribution is -2.53. The van der Waals surface area contributed by atoms with Gasteiger partial charge in [-0.05, 0) is 39.0 Å². The molecule has 168 valence electrons. The van der Waals surface area contributed by atoms with Crippen LogP contribution in [0.4, 0.5) is 0 Å². The zero-order valence-corrected chi connectivity index (χ0v) is 18.3. The molecular formula is C19H36N4O5S. The van der Waals surface area contributed by atoms with Crippen LogP contribution in [0.3, 0.4) is 0 Å². The Hall–Kier alpha value is -0.940. The molecule has 3 unspecified atom stereocenters. The zero-order chi connectivity index (χ0) is 20.5. The van der Waals surface area contributed by atoms with Crippen molar-refractivity contribution in [3.05, 3.63) is 0 Å². The molecule has 0 bridgehead atoms. The smallest absolute Gasteiger partial charge is 0.213 e. The van der Waals surface area contributed by atoms with Crippen LogP contribution >= 0.6 is 0 Å². The first-order valence-electron chi connectivity index (χ1n) is 10.9. The van der Waals surface area contributed by atoms with Crippen molar-refractivity contribution in [1.29, 1.82) is 0 Å². The third-order valence-electron chi connectivity index (χ3n) is 5.53. The number of sulfonamides is 1. The van der Waals surface area contributed by atoms with Crippen molar-refractivity contribution in [1.82, 2.24) is 14.9 Å². The molecule has 3 rings (SSSR count). The van der Waals surface area contributed by atoms with E-state index in [1.54, 1.807) is 0 Å². The quantitative estimate of drug-likeness (QED) is 0.421. The predicted octanol–water partition coefficient (Wildman–Crippen LogP) is 0.320. The third-order valence-corrected chi connectivity index (χ3v) is 6.86. The van der Waals surface area contributed by atoms with Gasteiger partial charge in [-0.25, -0.2) is 13.1 Å². The Kier molecular flexibility index (Phi) is 8.98. The summed E-state index contributed by atoms with van der Waals surface area (Å²) in [4.78, 5) is 6.71. The van der Waals surface area contributed by atoms with E-state index in [1.165, 1.54) is 0 Å². The molecular weight excluding hydrogens is 396 g/mol. The van der Waals surface area contributed by atoms with Crippen molar-refractivity contribution >= 4 is 16.0 Å². The van der Waals surface area contributed by atoms with Crippen molar-refractivity contribution in [2.45, 2.75) is 57.3 Å². The fourth-order valence-electron chi connectivity index (χ4n) is 3.95. The fourth-order valence-corrected chi connectivity index (χ4v) is 4.86. The highest BCUT2D eigenvalue weighted by Gasteiger charge is 2.32. The molecule has 0 amide bonds. The number of aliphatic imine (C=N–C) groups is 1. The molecule has 10 heteroatoms. The Balaban J connectivity index is 1.48. The molecule has 29 heavy (non-hydrogen) atoms. The minimum atomic E-state index is -3.37. The highest BCUT2D eigenvalue weighted by molar-refractivity contribution is 7.89. The molecule has 0 aromatic carbocycles. The van der Waals surface area contributed by atoms with Crippen LogP contribution in [0.25, 0.3) is 0 Å². The molecule has 9 nitrogen and oxygen atoms in total. The molecule has 3 saturated heterocycles. The summed E-state index contributed by atoms with van der Waals surface area (Å²) in [5.41, 5.74) is 0. The predicted molar refractivity (Wildman–Crippen MR) is 112 cm³/mol. The minimum absolute atomic E-state index is 0.0116. The SMILES string of the molecule is CCNC(=NCCS(=O)(=O)NCC1CCCCO1)N1CCOC(C2CCCO2)C1. The summed E-state index contributed by atoms with van der Waals surface area (Å²) < 4.78 is 44.5. The van der Waals surface area contributed by atoms with Crippen molar-refractivity contribution < 1.29 is 22.6 Å². The standard InChI is InChI=1S/C19H36N4O5S/c1-2-20-19(23-9-12-28-18(15-23)17-7-5-11-27-17)21-8-13-29(24,25)22-14-16-6-3-4-10-26-16/h16-18,22H,2-15H2,1H3,(H,20,21). The number of hydrogen-bond donors (Lipinski definition) is 2. The van der Waals surface area contributed by atoms with Gasteiger partial charge in [-0.1, -0.05) is 0 Å². The number of ether oxygens (including phenoxy) is 3. The van der Waals surface area contributed by atoms with E-state index in [0.717, 1.165) is 64.4 Å². The van der Waals surface area contributed by atoms with Crippen LogP contribution in [0.5, 0.6) is 0 Å². The number of rotatable bonds is 8. The molecule has 3 fully saturated rings. The lowest BCUT2D eigenvalue weighted by atomic mass is 10.1. The first-order valence-corrected chi connectivity index (χ1v) is 12.6. The highest BCUT2D eigenvalue weighted by Crippen LogP contribution is 2.21. The second-order valence-electron chi connectivity index (χ2n) is 7.80. The van der Waals surface area contributed by atoms with Crippen LogP contribution < -0.4 is 10.0 Å². The van der Waals surface area contributed by atoms with Crippen LogP contribution in [0.2, 0.25) is 0 Å². The fraction of sp³-hybridized carbons (Fsp3) is 0.947. The Morgan fingerprint density at radius 3 is 2.62 bits per heavy atom. The molecule has 3 aliphatic heterocycles. The van der Waals surface area contributed by atoms with Crippen LogP contribution in [-0.4, -0.2) is 95.9 Å². The Labute approximate surface area is 174 Å². The van der Waals surface area contributed by atoms with E-state index >= 15 is 0 Å². The second-order valence-corrected chi connectivity index (χ2v) is 9.72. The molecule has 0 aromatic rings. The van der Waals surface area contributed by atoms with Gasteiger partial charge in [0.1, 0.15) is 6.10 Å². The van der Waals surface area contributed by atoms with E-state index in [1.807, 2.05) is 6.92 Å². The maximum atomic E-state index is 12.3. The molecule has 0 radical (unpaired) electrons. The van der Waals surface area contributed by atoms with E-state index in [-0.39, 0.29) is 30.6 Å². The number of guanidine groups is 1. The number of morpholine rings is 1. The lowest BCUT2D eigenvalue weighted by molar-refractivity contribution is -0.0816. The molecule has 0 aromatic heterocycles. The molecule has 3 aliphatic rings.